The van der Waals surface area contributed by atoms with Crippen molar-refractivity contribution in [1.29, 1.82) is 5.26 Å². The Kier molecular flexibility index (Phi) is 7.40. The van der Waals surface area contributed by atoms with Crippen molar-refractivity contribution in [2.24, 2.45) is 5.73 Å². The first kappa shape index (κ1) is 22.8. The molecule has 0 spiro atoms. The van der Waals surface area contributed by atoms with Gasteiger partial charge >= 0.3 is 5.97 Å². The molecule has 0 aromatic heterocycles. The Labute approximate surface area is 187 Å². The molecule has 0 saturated heterocycles. The summed E-state index contributed by atoms with van der Waals surface area (Å²) < 4.78 is 22.5. The maximum atomic E-state index is 12.7. The lowest BCUT2D eigenvalue weighted by Gasteiger charge is -2.27. The number of carbonyl (C=O) groups excluding carboxylic acids is 1. The molecule has 1 aliphatic rings. The van der Waals surface area contributed by atoms with Crippen molar-refractivity contribution in [3.8, 4) is 17.6 Å². The zero-order valence-corrected chi connectivity index (χ0v) is 18.4. The normalized spacial score (nSPS) is 15.6. The van der Waals surface area contributed by atoms with Crippen LogP contribution in [0.2, 0.25) is 0 Å². The van der Waals surface area contributed by atoms with E-state index >= 15 is 0 Å². The number of hydrogen-bond donors (Lipinski definition) is 1. The van der Waals surface area contributed by atoms with Crippen molar-refractivity contribution >= 4 is 5.97 Å². The Bertz CT molecular complexity index is 1080. The van der Waals surface area contributed by atoms with Crippen LogP contribution in [0.3, 0.4) is 0 Å². The molecule has 0 bridgehead atoms. The highest BCUT2D eigenvalue weighted by Crippen LogP contribution is 2.42. The number of ether oxygens (including phenoxy) is 4. The first-order valence-electron chi connectivity index (χ1n) is 10.4. The second-order valence-electron chi connectivity index (χ2n) is 7.03. The van der Waals surface area contributed by atoms with Crippen LogP contribution < -0.4 is 15.2 Å². The number of allylic oxidation sites excluding steroid dienone is 2. The largest absolute Gasteiger partial charge is 0.490 e. The van der Waals surface area contributed by atoms with Gasteiger partial charge < -0.3 is 24.7 Å². The van der Waals surface area contributed by atoms with Crippen LogP contribution in [0.1, 0.15) is 37.8 Å². The van der Waals surface area contributed by atoms with Gasteiger partial charge in [-0.25, -0.2) is 4.79 Å². The number of carbonyl (C=O) groups is 1. The molecular formula is C25H26N2O5. The van der Waals surface area contributed by atoms with Crippen LogP contribution in [0.25, 0.3) is 0 Å². The molecule has 7 heteroatoms. The number of nitrogens with two attached hydrogens (primary N) is 1. The maximum Gasteiger partial charge on any atom is 0.338 e. The molecule has 1 aliphatic heterocycles. The molecule has 2 aromatic rings. The number of nitriles is 1. The molecule has 7 nitrogen and oxygen atoms in total. The minimum absolute atomic E-state index is 0.0367. The Morgan fingerprint density at radius 1 is 1.09 bits per heavy atom. The maximum absolute atomic E-state index is 12.7. The monoisotopic (exact) mass is 434 g/mol. The Morgan fingerprint density at radius 2 is 1.84 bits per heavy atom. The quantitative estimate of drug-likeness (QED) is 0.618. The van der Waals surface area contributed by atoms with Gasteiger partial charge in [0.15, 0.2) is 11.5 Å². The van der Waals surface area contributed by atoms with Crippen molar-refractivity contribution in [2.45, 2.75) is 33.3 Å². The fraction of sp³-hybridized carbons (Fsp3) is 0.280. The zero-order chi connectivity index (χ0) is 23.1. The van der Waals surface area contributed by atoms with Crippen LogP contribution in [0.4, 0.5) is 0 Å². The van der Waals surface area contributed by atoms with Gasteiger partial charge in [-0.05, 0) is 44.0 Å². The van der Waals surface area contributed by atoms with Gasteiger partial charge in [-0.15, -0.1) is 0 Å². The van der Waals surface area contributed by atoms with Gasteiger partial charge in [0.05, 0.1) is 24.7 Å². The van der Waals surface area contributed by atoms with Gasteiger partial charge in [-0.2, -0.15) is 5.26 Å². The van der Waals surface area contributed by atoms with E-state index in [-0.39, 0.29) is 23.6 Å². The summed E-state index contributed by atoms with van der Waals surface area (Å²) in [5.74, 6) is 0.0232. The molecule has 3 rings (SSSR count). The topological polar surface area (TPSA) is 104 Å². The molecule has 0 radical (unpaired) electrons. The van der Waals surface area contributed by atoms with Gasteiger partial charge in [0.2, 0.25) is 5.88 Å². The van der Waals surface area contributed by atoms with E-state index in [0.717, 1.165) is 5.56 Å². The molecule has 2 N–H and O–H groups in total. The van der Waals surface area contributed by atoms with Crippen LogP contribution in [-0.4, -0.2) is 19.2 Å². The lowest BCUT2D eigenvalue weighted by atomic mass is 9.83. The molecule has 0 amide bonds. The summed E-state index contributed by atoms with van der Waals surface area (Å²) in [6, 6.07) is 17.2. The van der Waals surface area contributed by atoms with E-state index in [4.69, 9.17) is 24.7 Å². The smallest absolute Gasteiger partial charge is 0.338 e. The van der Waals surface area contributed by atoms with Crippen molar-refractivity contribution in [2.75, 3.05) is 13.2 Å². The minimum atomic E-state index is -0.741. The van der Waals surface area contributed by atoms with Gasteiger partial charge in [0.25, 0.3) is 0 Å². The molecule has 32 heavy (non-hydrogen) atoms. The molecule has 1 atom stereocenters. The summed E-state index contributed by atoms with van der Waals surface area (Å²) >= 11 is 0. The van der Waals surface area contributed by atoms with E-state index in [0.29, 0.717) is 36.0 Å². The Balaban J connectivity index is 2.01. The second-order valence-corrected chi connectivity index (χ2v) is 7.03. The van der Waals surface area contributed by atoms with E-state index in [9.17, 15) is 10.1 Å². The van der Waals surface area contributed by atoms with E-state index in [1.165, 1.54) is 0 Å². The first-order valence-corrected chi connectivity index (χ1v) is 10.4. The van der Waals surface area contributed by atoms with Crippen LogP contribution in [0.5, 0.6) is 11.5 Å². The highest BCUT2D eigenvalue weighted by molar-refractivity contribution is 5.92. The molecule has 0 aliphatic carbocycles. The van der Waals surface area contributed by atoms with Crippen molar-refractivity contribution in [1.82, 2.24) is 0 Å². The molecule has 1 heterocycles. The molecule has 0 unspecified atom stereocenters. The highest BCUT2D eigenvalue weighted by atomic mass is 16.5. The third-order valence-corrected chi connectivity index (χ3v) is 4.94. The molecule has 0 fully saturated rings. The number of rotatable bonds is 8. The summed E-state index contributed by atoms with van der Waals surface area (Å²) in [7, 11) is 0. The Morgan fingerprint density at radius 3 is 2.50 bits per heavy atom. The third-order valence-electron chi connectivity index (χ3n) is 4.94. The zero-order valence-electron chi connectivity index (χ0n) is 18.4. The summed E-state index contributed by atoms with van der Waals surface area (Å²) in [6.07, 6.45) is 0. The number of esters is 1. The second kappa shape index (κ2) is 10.4. The first-order chi connectivity index (χ1) is 15.5. The summed E-state index contributed by atoms with van der Waals surface area (Å²) in [6.45, 7) is 6.20. The third kappa shape index (κ3) is 4.86. The average molecular weight is 434 g/mol. The number of nitrogens with zero attached hydrogens (tertiary/aromatic N) is 1. The standard InChI is InChI=1S/C25H26N2O5/c1-4-29-21-13-18(11-12-20(21)31-15-17-9-7-6-8-10-17)23-19(14-26)24(27)32-16(3)22(23)25(28)30-5-2/h6-13,23H,4-5,15,27H2,1-3H3/t23-/m0/s1. The summed E-state index contributed by atoms with van der Waals surface area (Å²) in [4.78, 5) is 12.7. The van der Waals surface area contributed by atoms with Crippen molar-refractivity contribution in [3.63, 3.8) is 0 Å². The van der Waals surface area contributed by atoms with Crippen molar-refractivity contribution in [3.05, 3.63) is 82.4 Å². The SMILES string of the molecule is CCOC(=O)C1=C(C)OC(N)=C(C#N)[C@@H]1c1ccc(OCc2ccccc2)c(OCC)c1. The predicted molar refractivity (Wildman–Crippen MR) is 118 cm³/mol. The molecule has 166 valence electrons. The van der Waals surface area contributed by atoms with Gasteiger partial charge in [0.1, 0.15) is 24.0 Å². The van der Waals surface area contributed by atoms with E-state index in [2.05, 4.69) is 6.07 Å². The lowest BCUT2D eigenvalue weighted by Crippen LogP contribution is -2.25. The van der Waals surface area contributed by atoms with E-state index < -0.39 is 11.9 Å². The van der Waals surface area contributed by atoms with E-state index in [1.807, 2.05) is 37.3 Å². The van der Waals surface area contributed by atoms with Crippen LogP contribution in [0, 0.1) is 11.3 Å². The lowest BCUT2D eigenvalue weighted by molar-refractivity contribution is -0.139. The van der Waals surface area contributed by atoms with Crippen LogP contribution in [-0.2, 0) is 20.9 Å². The fourth-order valence-electron chi connectivity index (χ4n) is 3.52. The minimum Gasteiger partial charge on any atom is -0.490 e. The molecule has 2 aromatic carbocycles. The highest BCUT2D eigenvalue weighted by Gasteiger charge is 2.36. The molecule has 0 saturated carbocycles. The molecular weight excluding hydrogens is 408 g/mol. The number of benzene rings is 2. The fourth-order valence-corrected chi connectivity index (χ4v) is 3.52. The predicted octanol–water partition coefficient (Wildman–Crippen LogP) is 4.31. The van der Waals surface area contributed by atoms with Crippen LogP contribution in [0.15, 0.2) is 71.3 Å². The van der Waals surface area contributed by atoms with E-state index in [1.54, 1.807) is 32.0 Å². The Hall–Kier alpha value is -3.92. The van der Waals surface area contributed by atoms with Gasteiger partial charge in [0, 0.05) is 0 Å². The summed E-state index contributed by atoms with van der Waals surface area (Å²) in [5, 5.41) is 9.75. The number of hydrogen-bond acceptors (Lipinski definition) is 7. The average Bonchev–Trinajstić information content (AvgIpc) is 2.78. The summed E-state index contributed by atoms with van der Waals surface area (Å²) in [5.41, 5.74) is 8.01. The van der Waals surface area contributed by atoms with Gasteiger partial charge in [-0.1, -0.05) is 36.4 Å². The van der Waals surface area contributed by atoms with Crippen molar-refractivity contribution < 1.29 is 23.7 Å². The van der Waals surface area contributed by atoms with Crippen LogP contribution >= 0.6 is 0 Å². The van der Waals surface area contributed by atoms with Gasteiger partial charge in [-0.3, -0.25) is 0 Å².